The number of hydrogen-bond donors (Lipinski definition) is 0. The minimum absolute atomic E-state index is 0.858. The van der Waals surface area contributed by atoms with Crippen molar-refractivity contribution in [3.8, 4) is 0 Å². The van der Waals surface area contributed by atoms with E-state index >= 15 is 0 Å². The molecule has 2 aromatic rings. The van der Waals surface area contributed by atoms with E-state index in [1.807, 2.05) is 0 Å². The van der Waals surface area contributed by atoms with Crippen LogP contribution < -0.4 is 0 Å². The van der Waals surface area contributed by atoms with Crippen molar-refractivity contribution in [3.63, 3.8) is 0 Å². The third-order valence-corrected chi connectivity index (χ3v) is 4.03. The number of para-hydroxylation sites is 1. The van der Waals surface area contributed by atoms with E-state index in [-0.39, 0.29) is 0 Å². The van der Waals surface area contributed by atoms with Crippen LogP contribution in [0.3, 0.4) is 0 Å². The fraction of sp³-hybridized carbons (Fsp3) is 0.357. The second kappa shape index (κ2) is 2.41. The van der Waals surface area contributed by atoms with E-state index in [1.54, 1.807) is 5.56 Å². The van der Waals surface area contributed by atoms with Gasteiger partial charge >= 0.3 is 0 Å². The Balaban J connectivity index is 2.14. The largest absolute Gasteiger partial charge is 0.253 e. The Morgan fingerprint density at radius 3 is 3.07 bits per heavy atom. The van der Waals surface area contributed by atoms with Gasteiger partial charge in [-0.15, -0.1) is 0 Å². The molecule has 74 valence electrons. The van der Waals surface area contributed by atoms with Crippen molar-refractivity contribution in [2.24, 2.45) is 5.92 Å². The summed E-state index contributed by atoms with van der Waals surface area (Å²) in [4.78, 5) is 4.80. The van der Waals surface area contributed by atoms with Gasteiger partial charge in [-0.05, 0) is 48.8 Å². The average molecular weight is 195 g/mol. The summed E-state index contributed by atoms with van der Waals surface area (Å²) in [6, 6.07) is 8.53. The Morgan fingerprint density at radius 2 is 2.13 bits per heavy atom. The zero-order valence-electron chi connectivity index (χ0n) is 8.83. The maximum Gasteiger partial charge on any atom is 0.0708 e. The predicted octanol–water partition coefficient (Wildman–Crippen LogP) is 3.20. The highest BCUT2D eigenvalue weighted by Crippen LogP contribution is 2.57. The van der Waals surface area contributed by atoms with Gasteiger partial charge in [-0.25, -0.2) is 0 Å². The van der Waals surface area contributed by atoms with Crippen LogP contribution >= 0.6 is 0 Å². The van der Waals surface area contributed by atoms with Crippen LogP contribution in [0, 0.1) is 12.8 Å². The van der Waals surface area contributed by atoms with E-state index in [2.05, 4.69) is 31.2 Å². The van der Waals surface area contributed by atoms with Crippen molar-refractivity contribution in [2.45, 2.75) is 25.7 Å². The molecule has 1 heteroatoms. The first-order valence-corrected chi connectivity index (χ1v) is 5.72. The first-order valence-electron chi connectivity index (χ1n) is 5.72. The average Bonchev–Trinajstić information content (AvgIpc) is 2.90. The molecule has 2 aliphatic rings. The number of fused-ring (bicyclic) bond motifs is 4. The highest BCUT2D eigenvalue weighted by atomic mass is 14.7. The molecule has 0 N–H and O–H groups in total. The molecule has 2 atom stereocenters. The third kappa shape index (κ3) is 0.909. The van der Waals surface area contributed by atoms with Gasteiger partial charge in [0, 0.05) is 11.1 Å². The van der Waals surface area contributed by atoms with Crippen LogP contribution in [0.1, 0.15) is 29.2 Å². The molecule has 0 bridgehead atoms. The van der Waals surface area contributed by atoms with E-state index in [1.165, 1.54) is 35.0 Å². The Hall–Kier alpha value is -1.37. The van der Waals surface area contributed by atoms with E-state index in [4.69, 9.17) is 4.98 Å². The Bertz CT molecular complexity index is 571. The summed E-state index contributed by atoms with van der Waals surface area (Å²) in [5.74, 6) is 1.79. The molecule has 0 unspecified atom stereocenters. The maximum atomic E-state index is 4.80. The number of pyridine rings is 1. The third-order valence-electron chi connectivity index (χ3n) is 4.03. The molecule has 1 heterocycles. The number of aryl methyl sites for hydroxylation is 1. The molecule has 2 aliphatic carbocycles. The van der Waals surface area contributed by atoms with Gasteiger partial charge in [-0.2, -0.15) is 0 Å². The van der Waals surface area contributed by atoms with Crippen LogP contribution in [0.2, 0.25) is 0 Å². The van der Waals surface area contributed by atoms with Crippen molar-refractivity contribution in [2.75, 3.05) is 0 Å². The van der Waals surface area contributed by atoms with Crippen LogP contribution in [0.4, 0.5) is 0 Å². The Kier molecular flexibility index (Phi) is 1.26. The molecular weight excluding hydrogens is 182 g/mol. The first kappa shape index (κ1) is 7.86. The lowest BCUT2D eigenvalue weighted by Crippen LogP contribution is -1.96. The van der Waals surface area contributed by atoms with Gasteiger partial charge in [0.05, 0.1) is 5.52 Å². The van der Waals surface area contributed by atoms with Crippen LogP contribution in [0.15, 0.2) is 24.3 Å². The van der Waals surface area contributed by atoms with Crippen molar-refractivity contribution in [3.05, 3.63) is 41.1 Å². The van der Waals surface area contributed by atoms with Gasteiger partial charge in [0.2, 0.25) is 0 Å². The molecule has 0 saturated heterocycles. The van der Waals surface area contributed by atoms with Gasteiger partial charge in [0.25, 0.3) is 0 Å². The van der Waals surface area contributed by atoms with Crippen LogP contribution in [0.5, 0.6) is 0 Å². The monoisotopic (exact) mass is 195 g/mol. The van der Waals surface area contributed by atoms with Gasteiger partial charge in [0.15, 0.2) is 0 Å². The molecule has 1 aromatic carbocycles. The molecule has 0 aliphatic heterocycles. The van der Waals surface area contributed by atoms with Crippen molar-refractivity contribution < 1.29 is 0 Å². The Labute approximate surface area is 89.1 Å². The molecule has 0 spiro atoms. The molecule has 15 heavy (non-hydrogen) atoms. The number of hydrogen-bond acceptors (Lipinski definition) is 1. The SMILES string of the molecule is Cc1c2c(nc3ccccc13)C[C@@H]1C[C@H]21. The summed E-state index contributed by atoms with van der Waals surface area (Å²) < 4.78 is 0. The molecule has 1 fully saturated rings. The van der Waals surface area contributed by atoms with E-state index in [9.17, 15) is 0 Å². The van der Waals surface area contributed by atoms with Gasteiger partial charge in [0.1, 0.15) is 0 Å². The molecule has 1 aromatic heterocycles. The summed E-state index contributed by atoms with van der Waals surface area (Å²) in [7, 11) is 0. The lowest BCUT2D eigenvalue weighted by Gasteiger charge is -2.09. The lowest BCUT2D eigenvalue weighted by atomic mass is 10.0. The smallest absolute Gasteiger partial charge is 0.0708 e. The Morgan fingerprint density at radius 1 is 1.27 bits per heavy atom. The molecule has 1 nitrogen and oxygen atoms in total. The highest BCUT2D eigenvalue weighted by Gasteiger charge is 2.46. The number of nitrogens with zero attached hydrogens (tertiary/aromatic N) is 1. The summed E-state index contributed by atoms with van der Waals surface area (Å²) in [6.45, 7) is 2.27. The summed E-state index contributed by atoms with van der Waals surface area (Å²) in [5.41, 5.74) is 5.63. The van der Waals surface area contributed by atoms with Crippen LogP contribution in [-0.4, -0.2) is 4.98 Å². The van der Waals surface area contributed by atoms with Crippen LogP contribution in [0.25, 0.3) is 10.9 Å². The standard InChI is InChI=1S/C14H13N/c1-8-10-4-2-3-5-12(10)15-13-7-9-6-11(9)14(8)13/h2-5,9,11H,6-7H2,1H3/t9-,11-/m0/s1. The fourth-order valence-corrected chi connectivity index (χ4v) is 3.18. The minimum Gasteiger partial charge on any atom is -0.253 e. The topological polar surface area (TPSA) is 12.9 Å². The predicted molar refractivity (Wildman–Crippen MR) is 61.0 cm³/mol. The maximum absolute atomic E-state index is 4.80. The molecule has 1 saturated carbocycles. The van der Waals surface area contributed by atoms with Crippen molar-refractivity contribution >= 4 is 10.9 Å². The lowest BCUT2D eigenvalue weighted by molar-refractivity contribution is 0.839. The molecule has 0 radical (unpaired) electrons. The minimum atomic E-state index is 0.858. The van der Waals surface area contributed by atoms with E-state index < -0.39 is 0 Å². The number of aromatic nitrogens is 1. The van der Waals surface area contributed by atoms with Crippen LogP contribution in [-0.2, 0) is 6.42 Å². The number of benzene rings is 1. The zero-order chi connectivity index (χ0) is 9.99. The number of rotatable bonds is 0. The summed E-state index contributed by atoms with van der Waals surface area (Å²) in [5, 5.41) is 1.35. The molecular formula is C14H13N. The van der Waals surface area contributed by atoms with Crippen molar-refractivity contribution in [1.82, 2.24) is 4.98 Å². The quantitative estimate of drug-likeness (QED) is 0.629. The fourth-order valence-electron chi connectivity index (χ4n) is 3.18. The molecule has 0 amide bonds. The second-order valence-electron chi connectivity index (χ2n) is 4.92. The van der Waals surface area contributed by atoms with E-state index in [0.717, 1.165) is 11.8 Å². The normalized spacial score (nSPS) is 26.5. The highest BCUT2D eigenvalue weighted by molar-refractivity contribution is 5.84. The summed E-state index contributed by atoms with van der Waals surface area (Å²) in [6.07, 6.45) is 2.64. The first-order chi connectivity index (χ1) is 7.34. The second-order valence-corrected chi connectivity index (χ2v) is 4.92. The van der Waals surface area contributed by atoms with E-state index in [0.29, 0.717) is 0 Å². The summed E-state index contributed by atoms with van der Waals surface area (Å²) >= 11 is 0. The van der Waals surface area contributed by atoms with Crippen molar-refractivity contribution in [1.29, 1.82) is 0 Å². The van der Waals surface area contributed by atoms with Gasteiger partial charge < -0.3 is 0 Å². The van der Waals surface area contributed by atoms with Gasteiger partial charge in [-0.3, -0.25) is 4.98 Å². The zero-order valence-corrected chi connectivity index (χ0v) is 8.83. The van der Waals surface area contributed by atoms with Gasteiger partial charge in [-0.1, -0.05) is 18.2 Å². The molecule has 4 rings (SSSR count).